The molecule has 0 saturated carbocycles. The van der Waals surface area contributed by atoms with Crippen LogP contribution >= 0.6 is 0 Å². The van der Waals surface area contributed by atoms with Gasteiger partial charge < -0.3 is 0 Å². The summed E-state index contributed by atoms with van der Waals surface area (Å²) >= 11 is 0. The summed E-state index contributed by atoms with van der Waals surface area (Å²) in [6, 6.07) is 14.8. The Balaban J connectivity index is 2.05. The van der Waals surface area contributed by atoms with Gasteiger partial charge in [0, 0.05) is 6.42 Å². The molecule has 0 aromatic heterocycles. The molecular formula is C13H12O2. The fraction of sp³-hybridized carbons (Fsp3) is 0.231. The van der Waals surface area contributed by atoms with Crippen LogP contribution in [0.3, 0.4) is 0 Å². The second-order valence-corrected chi connectivity index (χ2v) is 3.80. The van der Waals surface area contributed by atoms with Crippen molar-refractivity contribution in [2.75, 3.05) is 6.61 Å². The number of benzene rings is 2. The number of rotatable bonds is 1. The van der Waals surface area contributed by atoms with E-state index < -0.39 is 0 Å². The first kappa shape index (κ1) is 8.89. The van der Waals surface area contributed by atoms with Gasteiger partial charge in [-0.25, -0.2) is 9.78 Å². The summed E-state index contributed by atoms with van der Waals surface area (Å²) < 4.78 is 0. The van der Waals surface area contributed by atoms with Crippen molar-refractivity contribution in [1.29, 1.82) is 0 Å². The molecule has 1 aliphatic heterocycles. The van der Waals surface area contributed by atoms with Crippen LogP contribution in [0.25, 0.3) is 10.8 Å². The van der Waals surface area contributed by atoms with Crippen molar-refractivity contribution in [3.63, 3.8) is 0 Å². The third-order valence-corrected chi connectivity index (χ3v) is 2.79. The molecule has 0 radical (unpaired) electrons. The monoisotopic (exact) mass is 200 g/mol. The lowest BCUT2D eigenvalue weighted by atomic mass is 10.0. The molecule has 76 valence electrons. The first-order chi connectivity index (χ1) is 7.43. The van der Waals surface area contributed by atoms with Gasteiger partial charge in [0.1, 0.15) is 6.10 Å². The molecule has 2 heteroatoms. The molecule has 15 heavy (non-hydrogen) atoms. The zero-order valence-corrected chi connectivity index (χ0v) is 8.35. The third kappa shape index (κ3) is 1.62. The Bertz CT molecular complexity index is 473. The van der Waals surface area contributed by atoms with E-state index in [-0.39, 0.29) is 6.10 Å². The van der Waals surface area contributed by atoms with Gasteiger partial charge in [-0.2, -0.15) is 0 Å². The summed E-state index contributed by atoms with van der Waals surface area (Å²) in [5, 5.41) is 2.52. The van der Waals surface area contributed by atoms with E-state index in [1.54, 1.807) is 0 Å². The predicted octanol–water partition coefficient (Wildman–Crippen LogP) is 3.23. The van der Waals surface area contributed by atoms with E-state index in [9.17, 15) is 0 Å². The molecule has 1 fully saturated rings. The minimum atomic E-state index is 0.106. The van der Waals surface area contributed by atoms with E-state index in [1.165, 1.54) is 16.3 Å². The highest BCUT2D eigenvalue weighted by molar-refractivity contribution is 5.83. The number of hydrogen-bond donors (Lipinski definition) is 0. The van der Waals surface area contributed by atoms with Crippen molar-refractivity contribution < 1.29 is 9.78 Å². The molecule has 1 heterocycles. The van der Waals surface area contributed by atoms with Crippen LogP contribution in [0.5, 0.6) is 0 Å². The first-order valence-electron chi connectivity index (χ1n) is 5.20. The summed E-state index contributed by atoms with van der Waals surface area (Å²) in [4.78, 5) is 10.1. The third-order valence-electron chi connectivity index (χ3n) is 2.79. The summed E-state index contributed by atoms with van der Waals surface area (Å²) in [7, 11) is 0. The fourth-order valence-corrected chi connectivity index (χ4v) is 1.96. The molecule has 3 rings (SSSR count). The van der Waals surface area contributed by atoms with Gasteiger partial charge in [0.05, 0.1) is 6.61 Å². The quantitative estimate of drug-likeness (QED) is 0.658. The average molecular weight is 200 g/mol. The van der Waals surface area contributed by atoms with Crippen LogP contribution < -0.4 is 0 Å². The normalized spacial score (nSPS) is 20.9. The lowest BCUT2D eigenvalue weighted by Gasteiger charge is -2.08. The Kier molecular flexibility index (Phi) is 2.16. The zero-order chi connectivity index (χ0) is 10.1. The van der Waals surface area contributed by atoms with E-state index in [2.05, 4.69) is 42.5 Å². The second-order valence-electron chi connectivity index (χ2n) is 3.80. The van der Waals surface area contributed by atoms with Gasteiger partial charge in [0.2, 0.25) is 0 Å². The van der Waals surface area contributed by atoms with Gasteiger partial charge in [-0.15, -0.1) is 0 Å². The van der Waals surface area contributed by atoms with Crippen molar-refractivity contribution in [2.24, 2.45) is 0 Å². The minimum absolute atomic E-state index is 0.106. The van der Waals surface area contributed by atoms with Crippen molar-refractivity contribution in [3.8, 4) is 0 Å². The van der Waals surface area contributed by atoms with Gasteiger partial charge in [-0.3, -0.25) is 0 Å². The average Bonchev–Trinajstić information content (AvgIpc) is 2.82. The van der Waals surface area contributed by atoms with E-state index in [0.29, 0.717) is 6.61 Å². The number of hydrogen-bond acceptors (Lipinski definition) is 2. The number of fused-ring (bicyclic) bond motifs is 1. The highest BCUT2D eigenvalue weighted by Crippen LogP contribution is 2.28. The van der Waals surface area contributed by atoms with Gasteiger partial charge in [0.15, 0.2) is 0 Å². The molecule has 2 aromatic carbocycles. The van der Waals surface area contributed by atoms with E-state index in [0.717, 1.165) is 6.42 Å². The van der Waals surface area contributed by atoms with E-state index in [1.807, 2.05) is 0 Å². The molecular weight excluding hydrogens is 188 g/mol. The van der Waals surface area contributed by atoms with Crippen molar-refractivity contribution in [1.82, 2.24) is 0 Å². The van der Waals surface area contributed by atoms with Crippen LogP contribution in [0.1, 0.15) is 18.1 Å². The Labute approximate surface area is 88.4 Å². The molecule has 2 nitrogen and oxygen atoms in total. The SMILES string of the molecule is c1ccc2cc(C3CCOO3)ccc2c1. The first-order valence-corrected chi connectivity index (χ1v) is 5.20. The smallest absolute Gasteiger partial charge is 0.120 e. The molecule has 1 atom stereocenters. The van der Waals surface area contributed by atoms with Crippen LogP contribution in [-0.4, -0.2) is 6.61 Å². The lowest BCUT2D eigenvalue weighted by Crippen LogP contribution is -1.94. The van der Waals surface area contributed by atoms with Crippen molar-refractivity contribution >= 4 is 10.8 Å². The summed E-state index contributed by atoms with van der Waals surface area (Å²) in [5.74, 6) is 0. The minimum Gasteiger partial charge on any atom is -0.236 e. The maximum absolute atomic E-state index is 5.19. The maximum Gasteiger partial charge on any atom is 0.120 e. The molecule has 1 saturated heterocycles. The molecule has 1 unspecified atom stereocenters. The molecule has 0 bridgehead atoms. The summed E-state index contributed by atoms with van der Waals surface area (Å²) in [6.07, 6.45) is 1.05. The Morgan fingerprint density at radius 1 is 1.00 bits per heavy atom. The van der Waals surface area contributed by atoms with Crippen LogP contribution in [-0.2, 0) is 9.78 Å². The molecule has 2 aromatic rings. The molecule has 0 amide bonds. The lowest BCUT2D eigenvalue weighted by molar-refractivity contribution is -0.276. The largest absolute Gasteiger partial charge is 0.236 e. The van der Waals surface area contributed by atoms with Crippen LogP contribution in [0.15, 0.2) is 42.5 Å². The summed E-state index contributed by atoms with van der Waals surface area (Å²) in [5.41, 5.74) is 1.20. The molecule has 0 N–H and O–H groups in total. The van der Waals surface area contributed by atoms with Crippen LogP contribution in [0.4, 0.5) is 0 Å². The van der Waals surface area contributed by atoms with Gasteiger partial charge in [-0.1, -0.05) is 36.4 Å². The zero-order valence-electron chi connectivity index (χ0n) is 8.35. The van der Waals surface area contributed by atoms with Gasteiger partial charge in [-0.05, 0) is 22.4 Å². The standard InChI is InChI=1S/C13H12O2/c1-2-4-11-9-12(6-5-10(11)3-1)13-7-8-14-15-13/h1-6,9,13H,7-8H2. The second kappa shape index (κ2) is 3.65. The van der Waals surface area contributed by atoms with Crippen molar-refractivity contribution in [3.05, 3.63) is 48.0 Å². The van der Waals surface area contributed by atoms with E-state index >= 15 is 0 Å². The van der Waals surface area contributed by atoms with E-state index in [4.69, 9.17) is 9.78 Å². The highest BCUT2D eigenvalue weighted by Gasteiger charge is 2.19. The maximum atomic E-state index is 5.19. The topological polar surface area (TPSA) is 18.5 Å². The van der Waals surface area contributed by atoms with Gasteiger partial charge in [0.25, 0.3) is 0 Å². The molecule has 0 spiro atoms. The Morgan fingerprint density at radius 2 is 1.87 bits per heavy atom. The fourth-order valence-electron chi connectivity index (χ4n) is 1.96. The van der Waals surface area contributed by atoms with Crippen molar-refractivity contribution in [2.45, 2.75) is 12.5 Å². The van der Waals surface area contributed by atoms with Crippen LogP contribution in [0.2, 0.25) is 0 Å². The Morgan fingerprint density at radius 3 is 2.67 bits per heavy atom. The van der Waals surface area contributed by atoms with Gasteiger partial charge >= 0.3 is 0 Å². The van der Waals surface area contributed by atoms with Crippen LogP contribution in [0, 0.1) is 0 Å². The highest BCUT2D eigenvalue weighted by atomic mass is 17.2. The molecule has 1 aliphatic rings. The Hall–Kier alpha value is -1.38. The molecule has 0 aliphatic carbocycles. The summed E-state index contributed by atoms with van der Waals surface area (Å²) in [6.45, 7) is 0.692. The predicted molar refractivity (Wildman–Crippen MR) is 58.3 cm³/mol.